The lowest BCUT2D eigenvalue weighted by atomic mass is 10.0. The van der Waals surface area contributed by atoms with E-state index >= 15 is 0 Å². The Balaban J connectivity index is 2.08. The van der Waals surface area contributed by atoms with Crippen molar-refractivity contribution in [3.05, 3.63) is 35.9 Å². The Hall–Kier alpha value is -2.57. The predicted octanol–water partition coefficient (Wildman–Crippen LogP) is 2.68. The number of nitrogens with one attached hydrogen (secondary N) is 1. The van der Waals surface area contributed by atoms with E-state index < -0.39 is 29.7 Å². The molecule has 1 aliphatic rings. The first-order valence-electron chi connectivity index (χ1n) is 9.60. The molecule has 1 N–H and O–H groups in total. The van der Waals surface area contributed by atoms with Crippen molar-refractivity contribution in [1.82, 2.24) is 10.2 Å². The van der Waals surface area contributed by atoms with Gasteiger partial charge in [0.25, 0.3) is 0 Å². The van der Waals surface area contributed by atoms with Gasteiger partial charge in [-0.25, -0.2) is 9.59 Å². The van der Waals surface area contributed by atoms with E-state index in [0.717, 1.165) is 12.0 Å². The molecule has 1 heterocycles. The summed E-state index contributed by atoms with van der Waals surface area (Å²) in [6.07, 6.45) is 1.37. The van der Waals surface area contributed by atoms with E-state index in [2.05, 4.69) is 5.32 Å². The van der Waals surface area contributed by atoms with Crippen molar-refractivity contribution in [3.63, 3.8) is 0 Å². The predicted molar refractivity (Wildman–Crippen MR) is 105 cm³/mol. The molecule has 2 rings (SSSR count). The number of nitrogens with zero attached hydrogens (tertiary/aromatic N) is 1. The van der Waals surface area contributed by atoms with Crippen LogP contribution in [0.1, 0.15) is 45.6 Å². The van der Waals surface area contributed by atoms with Crippen LogP contribution in [0.2, 0.25) is 0 Å². The monoisotopic (exact) mass is 390 g/mol. The van der Waals surface area contributed by atoms with Crippen molar-refractivity contribution in [1.29, 1.82) is 0 Å². The molecule has 7 heteroatoms. The van der Waals surface area contributed by atoms with Crippen LogP contribution in [0.3, 0.4) is 0 Å². The van der Waals surface area contributed by atoms with Crippen LogP contribution in [0.5, 0.6) is 0 Å². The Labute approximate surface area is 166 Å². The Bertz CT molecular complexity index is 684. The normalized spacial score (nSPS) is 17.7. The van der Waals surface area contributed by atoms with Crippen molar-refractivity contribution >= 4 is 18.0 Å². The molecule has 0 aliphatic carbocycles. The maximum Gasteiger partial charge on any atom is 0.407 e. The van der Waals surface area contributed by atoms with Crippen LogP contribution in [0.15, 0.2) is 30.3 Å². The quantitative estimate of drug-likeness (QED) is 0.755. The van der Waals surface area contributed by atoms with Gasteiger partial charge in [0.1, 0.15) is 11.6 Å². The van der Waals surface area contributed by atoms with Crippen molar-refractivity contribution in [2.24, 2.45) is 0 Å². The zero-order valence-electron chi connectivity index (χ0n) is 17.1. The summed E-state index contributed by atoms with van der Waals surface area (Å²) in [7, 11) is 1.32. The van der Waals surface area contributed by atoms with Gasteiger partial charge in [-0.3, -0.25) is 4.79 Å². The van der Waals surface area contributed by atoms with Gasteiger partial charge in [-0.05, 0) is 45.6 Å². The number of rotatable bonds is 6. The van der Waals surface area contributed by atoms with E-state index in [4.69, 9.17) is 9.47 Å². The Morgan fingerprint density at radius 2 is 1.89 bits per heavy atom. The summed E-state index contributed by atoms with van der Waals surface area (Å²) in [5, 5.41) is 2.81. The highest BCUT2D eigenvalue weighted by atomic mass is 16.6. The molecule has 0 aromatic heterocycles. The Kier molecular flexibility index (Phi) is 7.43. The minimum Gasteiger partial charge on any atom is -0.467 e. The lowest BCUT2D eigenvalue weighted by Crippen LogP contribution is -2.46. The Morgan fingerprint density at radius 1 is 1.21 bits per heavy atom. The SMILES string of the molecule is COC(=O)C1CCCN1C(=O)CC(Cc1ccccc1)NC(=O)OC(C)(C)C. The Morgan fingerprint density at radius 3 is 2.50 bits per heavy atom. The molecule has 7 nitrogen and oxygen atoms in total. The fraction of sp³-hybridized carbons (Fsp3) is 0.571. The lowest BCUT2D eigenvalue weighted by molar-refractivity contribution is -0.151. The van der Waals surface area contributed by atoms with Crippen LogP contribution in [0.4, 0.5) is 4.79 Å². The first kappa shape index (κ1) is 21.7. The number of hydrogen-bond acceptors (Lipinski definition) is 5. The summed E-state index contributed by atoms with van der Waals surface area (Å²) >= 11 is 0. The number of alkyl carbamates (subject to hydrolysis) is 1. The molecule has 1 saturated heterocycles. The topological polar surface area (TPSA) is 84.9 Å². The van der Waals surface area contributed by atoms with Crippen LogP contribution in [-0.4, -0.2) is 54.2 Å². The third-order valence-corrected chi connectivity index (χ3v) is 4.51. The fourth-order valence-corrected chi connectivity index (χ4v) is 3.32. The number of amides is 2. The molecule has 0 radical (unpaired) electrons. The second-order valence-electron chi connectivity index (χ2n) is 8.01. The molecule has 0 spiro atoms. The smallest absolute Gasteiger partial charge is 0.407 e. The summed E-state index contributed by atoms with van der Waals surface area (Å²) in [5.74, 6) is -0.574. The highest BCUT2D eigenvalue weighted by Gasteiger charge is 2.35. The van der Waals surface area contributed by atoms with Gasteiger partial charge in [0.15, 0.2) is 0 Å². The third-order valence-electron chi connectivity index (χ3n) is 4.51. The zero-order valence-corrected chi connectivity index (χ0v) is 17.1. The van der Waals surface area contributed by atoms with Gasteiger partial charge < -0.3 is 19.7 Å². The van der Waals surface area contributed by atoms with Gasteiger partial charge >= 0.3 is 12.1 Å². The minimum absolute atomic E-state index is 0.0850. The van der Waals surface area contributed by atoms with Gasteiger partial charge in [0.05, 0.1) is 7.11 Å². The van der Waals surface area contributed by atoms with Gasteiger partial charge in [-0.15, -0.1) is 0 Å². The van der Waals surface area contributed by atoms with Crippen LogP contribution in [0.25, 0.3) is 0 Å². The van der Waals surface area contributed by atoms with Crippen LogP contribution < -0.4 is 5.32 Å². The highest BCUT2D eigenvalue weighted by molar-refractivity contribution is 5.85. The maximum atomic E-state index is 12.9. The number of esters is 1. The lowest BCUT2D eigenvalue weighted by Gasteiger charge is -2.27. The van der Waals surface area contributed by atoms with E-state index in [9.17, 15) is 14.4 Å². The number of hydrogen-bond donors (Lipinski definition) is 1. The fourth-order valence-electron chi connectivity index (χ4n) is 3.32. The molecule has 1 fully saturated rings. The average molecular weight is 390 g/mol. The summed E-state index contributed by atoms with van der Waals surface area (Å²) < 4.78 is 10.2. The largest absolute Gasteiger partial charge is 0.467 e. The minimum atomic E-state index is -0.629. The van der Waals surface area contributed by atoms with Crippen molar-refractivity contribution in [2.45, 2.75) is 64.1 Å². The van der Waals surface area contributed by atoms with Crippen LogP contribution in [-0.2, 0) is 25.5 Å². The van der Waals surface area contributed by atoms with E-state index in [1.165, 1.54) is 7.11 Å². The zero-order chi connectivity index (χ0) is 20.7. The molecule has 2 amide bonds. The number of benzene rings is 1. The molecule has 1 aromatic rings. The summed E-state index contributed by atoms with van der Waals surface area (Å²) in [6, 6.07) is 8.64. The highest BCUT2D eigenvalue weighted by Crippen LogP contribution is 2.20. The van der Waals surface area contributed by atoms with Crippen molar-refractivity contribution in [3.8, 4) is 0 Å². The summed E-state index contributed by atoms with van der Waals surface area (Å²) in [4.78, 5) is 38.6. The number of carbonyl (C=O) groups is 3. The summed E-state index contributed by atoms with van der Waals surface area (Å²) in [5.41, 5.74) is 0.373. The number of likely N-dealkylation sites (tertiary alicyclic amines) is 1. The van der Waals surface area contributed by atoms with Crippen LogP contribution in [0, 0.1) is 0 Å². The maximum absolute atomic E-state index is 12.9. The van der Waals surface area contributed by atoms with Gasteiger partial charge in [-0.1, -0.05) is 30.3 Å². The summed E-state index contributed by atoms with van der Waals surface area (Å²) in [6.45, 7) is 5.88. The van der Waals surface area contributed by atoms with E-state index in [1.54, 1.807) is 25.7 Å². The number of methoxy groups -OCH3 is 1. The molecule has 2 atom stereocenters. The molecular weight excluding hydrogens is 360 g/mol. The standard InChI is InChI=1S/C21H30N2O5/c1-21(2,3)28-20(26)22-16(13-15-9-6-5-7-10-15)14-18(24)23-12-8-11-17(23)19(25)27-4/h5-7,9-10,16-17H,8,11-14H2,1-4H3,(H,22,26). The molecule has 0 saturated carbocycles. The third kappa shape index (κ3) is 6.55. The van der Waals surface area contributed by atoms with Gasteiger partial charge in [0.2, 0.25) is 5.91 Å². The number of carbonyl (C=O) groups excluding carboxylic acids is 3. The average Bonchev–Trinajstić information content (AvgIpc) is 3.10. The van der Waals surface area contributed by atoms with Crippen LogP contribution >= 0.6 is 0 Å². The molecule has 0 bridgehead atoms. The molecule has 28 heavy (non-hydrogen) atoms. The molecule has 2 unspecified atom stereocenters. The second kappa shape index (κ2) is 9.57. The molecule has 1 aliphatic heterocycles. The van der Waals surface area contributed by atoms with Crippen molar-refractivity contribution in [2.75, 3.05) is 13.7 Å². The van der Waals surface area contributed by atoms with Gasteiger partial charge in [-0.2, -0.15) is 0 Å². The van der Waals surface area contributed by atoms with E-state index in [1.807, 2.05) is 30.3 Å². The molecular formula is C21H30N2O5. The molecule has 154 valence electrons. The van der Waals surface area contributed by atoms with Crippen molar-refractivity contribution < 1.29 is 23.9 Å². The van der Waals surface area contributed by atoms with Gasteiger partial charge in [0, 0.05) is 19.0 Å². The number of ether oxygens (including phenoxy) is 2. The first-order chi connectivity index (χ1) is 13.2. The first-order valence-corrected chi connectivity index (χ1v) is 9.60. The van der Waals surface area contributed by atoms with E-state index in [0.29, 0.717) is 19.4 Å². The second-order valence-corrected chi connectivity index (χ2v) is 8.01. The van der Waals surface area contributed by atoms with E-state index in [-0.39, 0.29) is 12.3 Å². The molecule has 1 aromatic carbocycles.